The third-order valence-electron chi connectivity index (χ3n) is 2.53. The van der Waals surface area contributed by atoms with Crippen molar-refractivity contribution in [2.24, 2.45) is 0 Å². The molecule has 0 saturated carbocycles. The molecule has 0 spiro atoms. The lowest BCUT2D eigenvalue weighted by Gasteiger charge is -2.19. The van der Waals surface area contributed by atoms with E-state index in [4.69, 9.17) is 10.2 Å². The van der Waals surface area contributed by atoms with Crippen molar-refractivity contribution in [3.63, 3.8) is 0 Å². The van der Waals surface area contributed by atoms with Crippen molar-refractivity contribution in [2.45, 2.75) is 13.5 Å². The minimum Gasteiger partial charge on any atom is -0.508 e. The average Bonchev–Trinajstić information content (AvgIpc) is 2.23. The van der Waals surface area contributed by atoms with E-state index < -0.39 is 11.9 Å². The Morgan fingerprint density at radius 2 is 1.72 bits per heavy atom. The number of hydrogen-bond donors (Lipinski definition) is 3. The van der Waals surface area contributed by atoms with Gasteiger partial charge in [-0.05, 0) is 24.1 Å². The fourth-order valence-corrected chi connectivity index (χ4v) is 1.63. The van der Waals surface area contributed by atoms with Crippen LogP contribution in [0.25, 0.3) is 0 Å². The Morgan fingerprint density at radius 1 is 1.17 bits per heavy atom. The van der Waals surface area contributed by atoms with Crippen LogP contribution in [0.5, 0.6) is 5.75 Å². The quantitative estimate of drug-likeness (QED) is 0.689. The molecule has 0 radical (unpaired) electrons. The number of aromatic hydroxyl groups is 1. The highest BCUT2D eigenvalue weighted by atomic mass is 16.4. The van der Waals surface area contributed by atoms with E-state index in [0.717, 1.165) is 0 Å². The van der Waals surface area contributed by atoms with E-state index in [1.54, 1.807) is 19.1 Å². The highest BCUT2D eigenvalue weighted by Gasteiger charge is 2.15. The molecule has 0 aliphatic carbocycles. The third kappa shape index (κ3) is 4.06. The largest absolute Gasteiger partial charge is 0.508 e. The lowest BCUT2D eigenvalue weighted by Crippen LogP contribution is -2.34. The van der Waals surface area contributed by atoms with Gasteiger partial charge in [-0.15, -0.1) is 0 Å². The second-order valence-corrected chi connectivity index (χ2v) is 3.99. The molecule has 1 aromatic rings. The van der Waals surface area contributed by atoms with Gasteiger partial charge in [0.2, 0.25) is 0 Å². The zero-order chi connectivity index (χ0) is 13.7. The molecule has 0 aromatic heterocycles. The summed E-state index contributed by atoms with van der Waals surface area (Å²) in [4.78, 5) is 22.6. The van der Waals surface area contributed by atoms with Crippen LogP contribution in [0, 0.1) is 6.92 Å². The number of hydrogen-bond acceptors (Lipinski definition) is 4. The maximum Gasteiger partial charge on any atom is 0.317 e. The van der Waals surface area contributed by atoms with Gasteiger partial charge in [0, 0.05) is 6.54 Å². The van der Waals surface area contributed by atoms with E-state index in [1.807, 2.05) is 0 Å². The first-order valence-corrected chi connectivity index (χ1v) is 5.33. The molecule has 1 rings (SSSR count). The van der Waals surface area contributed by atoms with Crippen LogP contribution in [0.2, 0.25) is 0 Å². The summed E-state index contributed by atoms with van der Waals surface area (Å²) in [5.41, 5.74) is 1.33. The van der Waals surface area contributed by atoms with Crippen LogP contribution in [0.15, 0.2) is 18.2 Å². The minimum atomic E-state index is -1.09. The summed E-state index contributed by atoms with van der Waals surface area (Å²) in [6, 6.07) is 4.89. The molecule has 1 aromatic carbocycles. The Kier molecular flexibility index (Phi) is 4.67. The molecule has 0 atom stereocenters. The highest BCUT2D eigenvalue weighted by Crippen LogP contribution is 2.20. The third-order valence-corrected chi connectivity index (χ3v) is 2.53. The molecule has 0 heterocycles. The summed E-state index contributed by atoms with van der Waals surface area (Å²) in [5, 5.41) is 27.0. The van der Waals surface area contributed by atoms with E-state index in [-0.39, 0.29) is 25.4 Å². The van der Waals surface area contributed by atoms with Crippen LogP contribution in [0.3, 0.4) is 0 Å². The maximum atomic E-state index is 10.6. The van der Waals surface area contributed by atoms with Crippen molar-refractivity contribution in [2.75, 3.05) is 13.1 Å². The van der Waals surface area contributed by atoms with Crippen LogP contribution >= 0.6 is 0 Å². The maximum absolute atomic E-state index is 10.6. The second-order valence-electron chi connectivity index (χ2n) is 3.99. The summed E-state index contributed by atoms with van der Waals surface area (Å²) in [6.07, 6.45) is 0. The predicted octanol–water partition coefficient (Wildman–Crippen LogP) is 0.672. The Labute approximate surface area is 104 Å². The van der Waals surface area contributed by atoms with Gasteiger partial charge in [-0.3, -0.25) is 14.5 Å². The lowest BCUT2D eigenvalue weighted by molar-refractivity contribution is -0.142. The molecular formula is C12H15NO5. The number of rotatable bonds is 6. The highest BCUT2D eigenvalue weighted by molar-refractivity contribution is 5.72. The van der Waals surface area contributed by atoms with Gasteiger partial charge in [0.25, 0.3) is 0 Å². The molecule has 0 aliphatic rings. The van der Waals surface area contributed by atoms with Crippen molar-refractivity contribution in [3.05, 3.63) is 29.3 Å². The number of carbonyl (C=O) groups is 2. The van der Waals surface area contributed by atoms with E-state index in [9.17, 15) is 14.7 Å². The van der Waals surface area contributed by atoms with Gasteiger partial charge in [0.1, 0.15) is 5.75 Å². The summed E-state index contributed by atoms with van der Waals surface area (Å²) in [6.45, 7) is 1.14. The molecule has 98 valence electrons. The summed E-state index contributed by atoms with van der Waals surface area (Å²) < 4.78 is 0. The normalized spacial score (nSPS) is 10.6. The Hall–Kier alpha value is -2.08. The second kappa shape index (κ2) is 6.02. The smallest absolute Gasteiger partial charge is 0.317 e. The zero-order valence-corrected chi connectivity index (χ0v) is 9.96. The molecule has 0 amide bonds. The monoisotopic (exact) mass is 253 g/mol. The molecule has 18 heavy (non-hydrogen) atoms. The summed E-state index contributed by atoms with van der Waals surface area (Å²) in [5.74, 6) is -2.07. The van der Waals surface area contributed by atoms with Gasteiger partial charge in [-0.2, -0.15) is 0 Å². The van der Waals surface area contributed by atoms with E-state index in [2.05, 4.69) is 0 Å². The molecule has 0 bridgehead atoms. The fourth-order valence-electron chi connectivity index (χ4n) is 1.63. The standard InChI is InChI=1S/C12H15NO5/c1-8-9(3-2-4-10(8)14)5-13(6-11(15)16)7-12(17)18/h2-4,14H,5-7H2,1H3,(H,15,16)(H,17,18). The number of nitrogens with zero attached hydrogens (tertiary/aromatic N) is 1. The molecule has 0 saturated heterocycles. The van der Waals surface area contributed by atoms with E-state index in [1.165, 1.54) is 11.0 Å². The first-order valence-electron chi connectivity index (χ1n) is 5.33. The van der Waals surface area contributed by atoms with Crippen molar-refractivity contribution < 1.29 is 24.9 Å². The first-order chi connectivity index (χ1) is 8.40. The Bertz CT molecular complexity index is 442. The predicted molar refractivity (Wildman–Crippen MR) is 63.4 cm³/mol. The first kappa shape index (κ1) is 14.0. The van der Waals surface area contributed by atoms with Gasteiger partial charge >= 0.3 is 11.9 Å². The Morgan fingerprint density at radius 3 is 2.22 bits per heavy atom. The van der Waals surface area contributed by atoms with E-state index in [0.29, 0.717) is 11.1 Å². The van der Waals surface area contributed by atoms with Gasteiger partial charge in [0.05, 0.1) is 13.1 Å². The number of carboxylic acids is 2. The van der Waals surface area contributed by atoms with Gasteiger partial charge < -0.3 is 15.3 Å². The van der Waals surface area contributed by atoms with Crippen LogP contribution in [0.1, 0.15) is 11.1 Å². The molecule has 0 fully saturated rings. The van der Waals surface area contributed by atoms with Crippen LogP contribution in [0.4, 0.5) is 0 Å². The van der Waals surface area contributed by atoms with Crippen LogP contribution in [-0.4, -0.2) is 45.2 Å². The minimum absolute atomic E-state index is 0.109. The van der Waals surface area contributed by atoms with Crippen molar-refractivity contribution in [3.8, 4) is 5.75 Å². The molecule has 0 unspecified atom stereocenters. The summed E-state index contributed by atoms with van der Waals surface area (Å²) >= 11 is 0. The molecule has 3 N–H and O–H groups in total. The average molecular weight is 253 g/mol. The van der Waals surface area contributed by atoms with E-state index >= 15 is 0 Å². The van der Waals surface area contributed by atoms with Crippen molar-refractivity contribution in [1.82, 2.24) is 4.90 Å². The van der Waals surface area contributed by atoms with Gasteiger partial charge in [-0.25, -0.2) is 0 Å². The van der Waals surface area contributed by atoms with Crippen molar-refractivity contribution >= 4 is 11.9 Å². The zero-order valence-electron chi connectivity index (χ0n) is 9.96. The van der Waals surface area contributed by atoms with Gasteiger partial charge in [-0.1, -0.05) is 12.1 Å². The number of phenolic OH excluding ortho intramolecular Hbond substituents is 1. The molecule has 6 heteroatoms. The number of carboxylic acid groups (broad SMARTS) is 2. The Balaban J connectivity index is 2.84. The van der Waals surface area contributed by atoms with Crippen molar-refractivity contribution in [1.29, 1.82) is 0 Å². The lowest BCUT2D eigenvalue weighted by atomic mass is 10.1. The number of aliphatic carboxylic acids is 2. The summed E-state index contributed by atoms with van der Waals surface area (Å²) in [7, 11) is 0. The molecular weight excluding hydrogens is 238 g/mol. The SMILES string of the molecule is Cc1c(O)cccc1CN(CC(=O)O)CC(=O)O. The van der Waals surface area contributed by atoms with Gasteiger partial charge in [0.15, 0.2) is 0 Å². The number of benzene rings is 1. The number of phenols is 1. The molecule has 0 aliphatic heterocycles. The fraction of sp³-hybridized carbons (Fsp3) is 0.333. The van der Waals surface area contributed by atoms with Crippen LogP contribution in [-0.2, 0) is 16.1 Å². The topological polar surface area (TPSA) is 98.1 Å². The molecule has 6 nitrogen and oxygen atoms in total. The van der Waals surface area contributed by atoms with Crippen LogP contribution < -0.4 is 0 Å².